The molecule has 0 aliphatic carbocycles. The zero-order valence-corrected chi connectivity index (χ0v) is 10.8. The molecule has 0 saturated carbocycles. The standard InChI is InChI=1S/C11H4Cl2F3NO3/c12-5-3-1-2-4(6(5)13)9-17-8(11(14,15)16)7(20-9)10(18)19/h1-3H,(H,18,19). The summed E-state index contributed by atoms with van der Waals surface area (Å²) in [4.78, 5) is 13.9. The van der Waals surface area contributed by atoms with Gasteiger partial charge in [0.15, 0.2) is 5.69 Å². The highest BCUT2D eigenvalue weighted by Gasteiger charge is 2.41. The monoisotopic (exact) mass is 325 g/mol. The summed E-state index contributed by atoms with van der Waals surface area (Å²) in [7, 11) is 0. The fourth-order valence-electron chi connectivity index (χ4n) is 1.44. The van der Waals surface area contributed by atoms with Crippen molar-refractivity contribution in [3.8, 4) is 11.5 Å². The maximum atomic E-state index is 12.7. The minimum absolute atomic E-state index is 0.0304. The summed E-state index contributed by atoms with van der Waals surface area (Å²) in [6.07, 6.45) is -4.96. The maximum Gasteiger partial charge on any atom is 0.437 e. The Hall–Kier alpha value is -1.73. The molecule has 106 valence electrons. The van der Waals surface area contributed by atoms with Gasteiger partial charge in [-0.2, -0.15) is 13.2 Å². The maximum absolute atomic E-state index is 12.7. The number of aromatic carboxylic acids is 1. The van der Waals surface area contributed by atoms with Crippen LogP contribution < -0.4 is 0 Å². The van der Waals surface area contributed by atoms with Crippen molar-refractivity contribution in [2.75, 3.05) is 0 Å². The van der Waals surface area contributed by atoms with E-state index in [0.29, 0.717) is 0 Å². The molecule has 0 radical (unpaired) electrons. The van der Waals surface area contributed by atoms with Gasteiger partial charge in [0.2, 0.25) is 11.7 Å². The quantitative estimate of drug-likeness (QED) is 0.890. The van der Waals surface area contributed by atoms with Gasteiger partial charge in [-0.1, -0.05) is 29.3 Å². The van der Waals surface area contributed by atoms with Crippen LogP contribution in [-0.4, -0.2) is 16.1 Å². The van der Waals surface area contributed by atoms with E-state index in [-0.39, 0.29) is 15.6 Å². The lowest BCUT2D eigenvalue weighted by molar-refractivity contribution is -0.141. The molecule has 0 aliphatic rings. The lowest BCUT2D eigenvalue weighted by Crippen LogP contribution is -2.11. The molecule has 0 atom stereocenters. The molecular weight excluding hydrogens is 322 g/mol. The molecule has 2 aromatic rings. The molecule has 1 heterocycles. The van der Waals surface area contributed by atoms with E-state index in [1.807, 2.05) is 0 Å². The molecule has 0 bridgehead atoms. The van der Waals surface area contributed by atoms with Crippen LogP contribution in [0.5, 0.6) is 0 Å². The van der Waals surface area contributed by atoms with Gasteiger partial charge in [0, 0.05) is 0 Å². The van der Waals surface area contributed by atoms with Crippen LogP contribution in [0.25, 0.3) is 11.5 Å². The summed E-state index contributed by atoms with van der Waals surface area (Å²) >= 11 is 11.5. The lowest BCUT2D eigenvalue weighted by atomic mass is 10.2. The van der Waals surface area contributed by atoms with Crippen molar-refractivity contribution in [1.29, 1.82) is 0 Å². The van der Waals surface area contributed by atoms with Crippen LogP contribution >= 0.6 is 23.2 Å². The number of oxazole rings is 1. The van der Waals surface area contributed by atoms with Crippen molar-refractivity contribution in [3.05, 3.63) is 39.7 Å². The van der Waals surface area contributed by atoms with Gasteiger partial charge in [-0.05, 0) is 12.1 Å². The SMILES string of the molecule is O=C(O)c1oc(-c2cccc(Cl)c2Cl)nc1C(F)(F)F. The summed E-state index contributed by atoms with van der Waals surface area (Å²) in [5, 5.41) is 8.71. The predicted molar refractivity (Wildman–Crippen MR) is 63.9 cm³/mol. The third kappa shape index (κ3) is 2.59. The molecule has 0 fully saturated rings. The number of nitrogens with zero attached hydrogens (tertiary/aromatic N) is 1. The molecule has 1 N–H and O–H groups in total. The molecule has 20 heavy (non-hydrogen) atoms. The molecule has 1 aromatic carbocycles. The van der Waals surface area contributed by atoms with Gasteiger partial charge >= 0.3 is 12.1 Å². The second kappa shape index (κ2) is 4.99. The topological polar surface area (TPSA) is 63.3 Å². The second-order valence-electron chi connectivity index (χ2n) is 3.60. The highest BCUT2D eigenvalue weighted by Crippen LogP contribution is 2.37. The van der Waals surface area contributed by atoms with E-state index < -0.39 is 29.5 Å². The van der Waals surface area contributed by atoms with Crippen LogP contribution in [0, 0.1) is 0 Å². The first-order valence-electron chi connectivity index (χ1n) is 4.97. The van der Waals surface area contributed by atoms with Gasteiger partial charge in [0.25, 0.3) is 0 Å². The van der Waals surface area contributed by atoms with Gasteiger partial charge < -0.3 is 9.52 Å². The third-order valence-corrected chi connectivity index (χ3v) is 3.09. The van der Waals surface area contributed by atoms with Gasteiger partial charge in [0.05, 0.1) is 15.6 Å². The fraction of sp³-hybridized carbons (Fsp3) is 0.0909. The Balaban J connectivity index is 2.65. The van der Waals surface area contributed by atoms with Gasteiger partial charge in [-0.3, -0.25) is 0 Å². The number of benzene rings is 1. The molecule has 0 amide bonds. The molecule has 9 heteroatoms. The van der Waals surface area contributed by atoms with Crippen LogP contribution in [0.3, 0.4) is 0 Å². The minimum Gasteiger partial charge on any atom is -0.475 e. The largest absolute Gasteiger partial charge is 0.475 e. The van der Waals surface area contributed by atoms with Crippen LogP contribution in [0.4, 0.5) is 13.2 Å². The van der Waals surface area contributed by atoms with Gasteiger partial charge in [-0.25, -0.2) is 9.78 Å². The molecule has 0 spiro atoms. The van der Waals surface area contributed by atoms with E-state index >= 15 is 0 Å². The van der Waals surface area contributed by atoms with Crippen molar-refractivity contribution in [3.63, 3.8) is 0 Å². The van der Waals surface area contributed by atoms with Gasteiger partial charge in [0.1, 0.15) is 0 Å². The fourth-order valence-corrected chi connectivity index (χ4v) is 1.82. The van der Waals surface area contributed by atoms with E-state index in [0.717, 1.165) is 0 Å². The van der Waals surface area contributed by atoms with E-state index in [9.17, 15) is 18.0 Å². The number of aromatic nitrogens is 1. The number of carbonyl (C=O) groups is 1. The Morgan fingerprint density at radius 3 is 2.45 bits per heavy atom. The minimum atomic E-state index is -4.96. The molecule has 2 rings (SSSR count). The molecular formula is C11H4Cl2F3NO3. The van der Waals surface area contributed by atoms with E-state index in [1.165, 1.54) is 18.2 Å². The number of hydrogen-bond donors (Lipinski definition) is 1. The smallest absolute Gasteiger partial charge is 0.437 e. The predicted octanol–water partition coefficient (Wildman–Crippen LogP) is 4.37. The molecule has 0 unspecified atom stereocenters. The Kier molecular flexibility index (Phi) is 3.66. The zero-order valence-electron chi connectivity index (χ0n) is 9.33. The van der Waals surface area contributed by atoms with Crippen LogP contribution in [0.2, 0.25) is 10.0 Å². The lowest BCUT2D eigenvalue weighted by Gasteiger charge is -2.01. The van der Waals surface area contributed by atoms with Gasteiger partial charge in [-0.15, -0.1) is 0 Å². The Bertz CT molecular complexity index is 682. The molecule has 0 aliphatic heterocycles. The summed E-state index contributed by atoms with van der Waals surface area (Å²) in [6, 6.07) is 4.15. The Morgan fingerprint density at radius 2 is 1.95 bits per heavy atom. The highest BCUT2D eigenvalue weighted by molar-refractivity contribution is 6.43. The third-order valence-electron chi connectivity index (χ3n) is 2.27. The number of rotatable bonds is 2. The Morgan fingerprint density at radius 1 is 1.30 bits per heavy atom. The first-order chi connectivity index (χ1) is 9.21. The van der Waals surface area contributed by atoms with E-state index in [4.69, 9.17) is 28.3 Å². The molecule has 0 saturated heterocycles. The van der Waals surface area contributed by atoms with E-state index in [1.54, 1.807) is 0 Å². The number of halogens is 5. The summed E-state index contributed by atoms with van der Waals surface area (Å²) in [5.74, 6) is -3.75. The first kappa shape index (κ1) is 14.7. The van der Waals surface area contributed by atoms with Crippen molar-refractivity contribution in [2.24, 2.45) is 0 Å². The Labute approximate surface area is 119 Å². The van der Waals surface area contributed by atoms with Crippen LogP contribution in [0.15, 0.2) is 22.6 Å². The zero-order chi connectivity index (χ0) is 15.1. The summed E-state index contributed by atoms with van der Waals surface area (Å²) in [5.41, 5.74) is -1.66. The second-order valence-corrected chi connectivity index (χ2v) is 4.39. The number of carboxylic acids is 1. The highest BCUT2D eigenvalue weighted by atomic mass is 35.5. The first-order valence-corrected chi connectivity index (χ1v) is 5.73. The number of hydrogen-bond acceptors (Lipinski definition) is 3. The van der Waals surface area contributed by atoms with Crippen LogP contribution in [-0.2, 0) is 6.18 Å². The molecule has 4 nitrogen and oxygen atoms in total. The van der Waals surface area contributed by atoms with E-state index in [2.05, 4.69) is 9.40 Å². The van der Waals surface area contributed by atoms with Crippen molar-refractivity contribution >= 4 is 29.2 Å². The normalized spacial score (nSPS) is 11.7. The van der Waals surface area contributed by atoms with Crippen LogP contribution in [0.1, 0.15) is 16.2 Å². The average molecular weight is 326 g/mol. The summed E-state index contributed by atoms with van der Waals surface area (Å²) in [6.45, 7) is 0. The number of carboxylic acid groups (broad SMARTS) is 1. The molecule has 1 aromatic heterocycles. The summed E-state index contributed by atoms with van der Waals surface area (Å²) < 4.78 is 42.7. The van der Waals surface area contributed by atoms with Crippen molar-refractivity contribution in [2.45, 2.75) is 6.18 Å². The average Bonchev–Trinajstić information content (AvgIpc) is 2.77. The number of alkyl halides is 3. The van der Waals surface area contributed by atoms with Crippen molar-refractivity contribution < 1.29 is 27.5 Å². The van der Waals surface area contributed by atoms with Crippen molar-refractivity contribution in [1.82, 2.24) is 4.98 Å².